The van der Waals surface area contributed by atoms with E-state index in [1.807, 2.05) is 29.9 Å². The normalized spacial score (nSPS) is 10.5. The molecular formula is C8H7N2. The van der Waals surface area contributed by atoms with E-state index in [1.54, 1.807) is 6.20 Å². The fourth-order valence-corrected chi connectivity index (χ4v) is 1.03. The second-order valence-corrected chi connectivity index (χ2v) is 2.25. The van der Waals surface area contributed by atoms with Crippen LogP contribution < -0.4 is 0 Å². The number of aromatic nitrogens is 2. The molecule has 2 aromatic rings. The number of hydrogen-bond acceptors (Lipinski definition) is 1. The Morgan fingerprint density at radius 3 is 3.30 bits per heavy atom. The summed E-state index contributed by atoms with van der Waals surface area (Å²) in [5.74, 6) is 0. The lowest BCUT2D eigenvalue weighted by Gasteiger charge is -1.90. The van der Waals surface area contributed by atoms with Gasteiger partial charge in [-0.3, -0.25) is 0 Å². The van der Waals surface area contributed by atoms with Crippen molar-refractivity contribution in [1.82, 2.24) is 9.55 Å². The molecule has 0 saturated heterocycles. The molecule has 2 aromatic heterocycles. The molecule has 2 heterocycles. The Balaban J connectivity index is 2.93. The average molecular weight is 131 g/mol. The minimum Gasteiger partial charge on any atom is -0.336 e. The molecule has 0 aliphatic carbocycles. The molecule has 0 aromatic carbocycles. The fourth-order valence-electron chi connectivity index (χ4n) is 1.03. The first-order valence-electron chi connectivity index (χ1n) is 3.15. The summed E-state index contributed by atoms with van der Waals surface area (Å²) >= 11 is 0. The highest BCUT2D eigenvalue weighted by Crippen LogP contribution is 2.08. The zero-order valence-corrected chi connectivity index (χ0v) is 5.70. The summed E-state index contributed by atoms with van der Waals surface area (Å²) < 4.78 is 1.98. The topological polar surface area (TPSA) is 17.8 Å². The zero-order valence-electron chi connectivity index (χ0n) is 5.70. The molecule has 2 heteroatoms. The van der Waals surface area contributed by atoms with Crippen molar-refractivity contribution < 1.29 is 0 Å². The molecule has 2 nitrogen and oxygen atoms in total. The molecule has 10 heavy (non-hydrogen) atoms. The molecule has 0 aliphatic rings. The van der Waals surface area contributed by atoms with Crippen molar-refractivity contribution in [2.45, 2.75) is 0 Å². The minimum atomic E-state index is 0.988. The van der Waals surface area contributed by atoms with Gasteiger partial charge in [-0.05, 0) is 18.2 Å². The van der Waals surface area contributed by atoms with Gasteiger partial charge in [0.15, 0.2) is 0 Å². The second kappa shape index (κ2) is 1.84. The standard InChI is InChI=1S/C8H7N2/c1-10-6-4-7-3-2-5-9-8(7)10/h2,4-6H,1H3. The summed E-state index contributed by atoms with van der Waals surface area (Å²) in [6.45, 7) is 0. The summed E-state index contributed by atoms with van der Waals surface area (Å²) in [6.07, 6.45) is 3.73. The highest BCUT2D eigenvalue weighted by Gasteiger charge is 1.94. The molecule has 0 fully saturated rings. The monoisotopic (exact) mass is 131 g/mol. The van der Waals surface area contributed by atoms with E-state index in [4.69, 9.17) is 0 Å². The molecule has 0 aliphatic heterocycles. The van der Waals surface area contributed by atoms with Crippen LogP contribution >= 0.6 is 0 Å². The number of rotatable bonds is 0. The van der Waals surface area contributed by atoms with Crippen molar-refractivity contribution in [2.24, 2.45) is 7.05 Å². The maximum Gasteiger partial charge on any atom is 0.140 e. The molecule has 0 saturated carbocycles. The van der Waals surface area contributed by atoms with E-state index >= 15 is 0 Å². The Morgan fingerprint density at radius 2 is 2.50 bits per heavy atom. The zero-order chi connectivity index (χ0) is 6.97. The van der Waals surface area contributed by atoms with Crippen molar-refractivity contribution in [3.8, 4) is 0 Å². The Labute approximate surface area is 59.1 Å². The Hall–Kier alpha value is -1.31. The maximum absolute atomic E-state index is 4.17. The van der Waals surface area contributed by atoms with Gasteiger partial charge in [-0.2, -0.15) is 0 Å². The van der Waals surface area contributed by atoms with E-state index in [0.717, 1.165) is 11.0 Å². The molecule has 0 N–H and O–H groups in total. The van der Waals surface area contributed by atoms with Gasteiger partial charge in [-0.25, -0.2) is 4.98 Å². The smallest absolute Gasteiger partial charge is 0.140 e. The number of nitrogens with zero attached hydrogens (tertiary/aromatic N) is 2. The van der Waals surface area contributed by atoms with Gasteiger partial charge in [0.05, 0.1) is 0 Å². The van der Waals surface area contributed by atoms with Crippen molar-refractivity contribution in [2.75, 3.05) is 0 Å². The Morgan fingerprint density at radius 1 is 1.60 bits per heavy atom. The quantitative estimate of drug-likeness (QED) is 0.528. The van der Waals surface area contributed by atoms with E-state index in [1.165, 1.54) is 0 Å². The molecular weight excluding hydrogens is 124 g/mol. The van der Waals surface area contributed by atoms with E-state index in [-0.39, 0.29) is 0 Å². The number of fused-ring (bicyclic) bond motifs is 1. The molecule has 0 bridgehead atoms. The summed E-state index contributed by atoms with van der Waals surface area (Å²) in [5.41, 5.74) is 0.988. The SMILES string of the molecule is Cn1ccc2[c]ccnc21. The summed E-state index contributed by atoms with van der Waals surface area (Å²) in [7, 11) is 1.98. The summed E-state index contributed by atoms with van der Waals surface area (Å²) in [4.78, 5) is 4.17. The molecule has 1 radical (unpaired) electrons. The van der Waals surface area contributed by atoms with Crippen LogP contribution in [0.1, 0.15) is 0 Å². The van der Waals surface area contributed by atoms with Crippen molar-refractivity contribution in [3.05, 3.63) is 30.6 Å². The third kappa shape index (κ3) is 0.620. The van der Waals surface area contributed by atoms with Gasteiger partial charge in [0.25, 0.3) is 0 Å². The third-order valence-electron chi connectivity index (χ3n) is 1.55. The average Bonchev–Trinajstić information content (AvgIpc) is 2.34. The van der Waals surface area contributed by atoms with Gasteiger partial charge in [0, 0.05) is 24.8 Å². The number of pyridine rings is 1. The molecule has 0 amide bonds. The first kappa shape index (κ1) is 5.47. The van der Waals surface area contributed by atoms with Crippen molar-refractivity contribution in [1.29, 1.82) is 0 Å². The van der Waals surface area contributed by atoms with E-state index < -0.39 is 0 Å². The van der Waals surface area contributed by atoms with Crippen molar-refractivity contribution in [3.63, 3.8) is 0 Å². The Kier molecular flexibility index (Phi) is 1.01. The predicted octanol–water partition coefficient (Wildman–Crippen LogP) is 1.37. The first-order valence-corrected chi connectivity index (χ1v) is 3.15. The van der Waals surface area contributed by atoms with Gasteiger partial charge in [0.2, 0.25) is 0 Å². The van der Waals surface area contributed by atoms with Gasteiger partial charge in [0.1, 0.15) is 5.65 Å². The third-order valence-corrected chi connectivity index (χ3v) is 1.55. The van der Waals surface area contributed by atoms with Crippen LogP contribution in [0.2, 0.25) is 0 Å². The number of hydrogen-bond donors (Lipinski definition) is 0. The first-order chi connectivity index (χ1) is 4.88. The van der Waals surface area contributed by atoms with Crippen LogP contribution in [-0.2, 0) is 7.05 Å². The van der Waals surface area contributed by atoms with Gasteiger partial charge in [-0.1, -0.05) is 0 Å². The molecule has 0 unspecified atom stereocenters. The van der Waals surface area contributed by atoms with Crippen LogP contribution in [0.5, 0.6) is 0 Å². The second-order valence-electron chi connectivity index (χ2n) is 2.25. The summed E-state index contributed by atoms with van der Waals surface area (Å²) in [6, 6.07) is 6.91. The van der Waals surface area contributed by atoms with Gasteiger partial charge >= 0.3 is 0 Å². The van der Waals surface area contributed by atoms with Crippen LogP contribution in [0.4, 0.5) is 0 Å². The molecule has 0 spiro atoms. The van der Waals surface area contributed by atoms with Crippen LogP contribution in [0.25, 0.3) is 11.0 Å². The molecule has 0 atom stereocenters. The van der Waals surface area contributed by atoms with Crippen LogP contribution in [0.15, 0.2) is 24.5 Å². The Bertz CT molecular complexity index is 349. The van der Waals surface area contributed by atoms with Crippen LogP contribution in [-0.4, -0.2) is 9.55 Å². The maximum atomic E-state index is 4.17. The molecule has 49 valence electrons. The highest BCUT2D eigenvalue weighted by atomic mass is 15.0. The molecule has 2 rings (SSSR count). The minimum absolute atomic E-state index is 0.988. The van der Waals surface area contributed by atoms with E-state index in [2.05, 4.69) is 11.1 Å². The van der Waals surface area contributed by atoms with Crippen LogP contribution in [0, 0.1) is 6.07 Å². The largest absolute Gasteiger partial charge is 0.336 e. The van der Waals surface area contributed by atoms with Gasteiger partial charge < -0.3 is 4.57 Å². The lowest BCUT2D eigenvalue weighted by atomic mass is 10.3. The fraction of sp³-hybridized carbons (Fsp3) is 0.125. The lowest BCUT2D eigenvalue weighted by molar-refractivity contribution is 0.948. The lowest BCUT2D eigenvalue weighted by Crippen LogP contribution is -1.85. The van der Waals surface area contributed by atoms with E-state index in [0.29, 0.717) is 0 Å². The van der Waals surface area contributed by atoms with Crippen molar-refractivity contribution >= 4 is 11.0 Å². The summed E-state index contributed by atoms with van der Waals surface area (Å²) in [5, 5.41) is 1.07. The van der Waals surface area contributed by atoms with E-state index in [9.17, 15) is 0 Å². The van der Waals surface area contributed by atoms with Gasteiger partial charge in [-0.15, -0.1) is 0 Å². The van der Waals surface area contributed by atoms with Crippen LogP contribution in [0.3, 0.4) is 0 Å². The highest BCUT2D eigenvalue weighted by molar-refractivity contribution is 5.74. The number of aryl methyl sites for hydroxylation is 1. The predicted molar refractivity (Wildman–Crippen MR) is 39.6 cm³/mol.